The molecule has 0 saturated carbocycles. The Kier molecular flexibility index (Phi) is 8.35. The number of carboxylic acids is 3. The molecular weight excluding hydrogens is 290 g/mol. The Balaban J connectivity index is 0. The fourth-order valence-electron chi connectivity index (χ4n) is 0.715. The Bertz CT molecular complexity index is 192. The first kappa shape index (κ1) is 15.6. The largest absolute Gasteiger partial charge is 3.00 e. The van der Waals surface area contributed by atoms with Crippen molar-refractivity contribution in [3.05, 3.63) is 0 Å². The van der Waals surface area contributed by atoms with Crippen molar-refractivity contribution < 1.29 is 52.1 Å². The summed E-state index contributed by atoms with van der Waals surface area (Å²) in [6, 6.07) is 0. The zero-order chi connectivity index (χ0) is 10.4. The first-order valence-corrected chi connectivity index (χ1v) is 3.23. The fourth-order valence-corrected chi connectivity index (χ4v) is 0.715. The van der Waals surface area contributed by atoms with Gasteiger partial charge in [0.2, 0.25) is 0 Å². The molecule has 0 unspecified atom stereocenters. The third kappa shape index (κ3) is 9.20. The monoisotopic (exact) mass is 295 g/mol. The number of carbonyl (C=O) groups is 3. The summed E-state index contributed by atoms with van der Waals surface area (Å²) >= 11 is 0. The summed E-state index contributed by atoms with van der Waals surface area (Å²) in [5.41, 5.74) is 0. The second-order valence-corrected chi connectivity index (χ2v) is 2.26. The van der Waals surface area contributed by atoms with Gasteiger partial charge in [-0.3, -0.25) is 4.90 Å². The average molecular weight is 296 g/mol. The van der Waals surface area contributed by atoms with E-state index in [1.165, 1.54) is 0 Å². The van der Waals surface area contributed by atoms with Gasteiger partial charge in [0.1, 0.15) is 0 Å². The molecule has 0 radical (unpaired) electrons. The predicted octanol–water partition coefficient (Wildman–Crippen LogP) is -5.46. The Morgan fingerprint density at radius 1 is 0.786 bits per heavy atom. The molecule has 0 aliphatic rings. The van der Waals surface area contributed by atoms with Gasteiger partial charge in [0, 0.05) is 19.6 Å². The third-order valence-corrected chi connectivity index (χ3v) is 1.06. The van der Waals surface area contributed by atoms with Crippen LogP contribution < -0.4 is 15.3 Å². The number of rotatable bonds is 6. The van der Waals surface area contributed by atoms with Crippen LogP contribution in [-0.2, 0) is 36.8 Å². The number of carboxylic acid groups (broad SMARTS) is 3. The van der Waals surface area contributed by atoms with Crippen molar-refractivity contribution in [1.29, 1.82) is 0 Å². The van der Waals surface area contributed by atoms with Crippen LogP contribution in [0.15, 0.2) is 0 Å². The summed E-state index contributed by atoms with van der Waals surface area (Å²) in [6.07, 6.45) is 0. The average Bonchev–Trinajstić information content (AvgIpc) is 1.80. The number of carbonyl (C=O) groups excluding carboxylic acids is 3. The standard InChI is InChI=1S/C6H9NO6.Ag/c8-4(9)1-7(2-5(10)11)3-6(12)13;/h1-3H2,(H,8,9)(H,10,11)(H,12,13);/q;+3/p-3. The maximum absolute atomic E-state index is 9.99. The number of hydrogen-bond acceptors (Lipinski definition) is 7. The topological polar surface area (TPSA) is 124 Å². The summed E-state index contributed by atoms with van der Waals surface area (Å²) in [5, 5.41) is 30.0. The van der Waals surface area contributed by atoms with Crippen LogP contribution in [0.5, 0.6) is 0 Å². The van der Waals surface area contributed by atoms with Crippen LogP contribution in [0.2, 0.25) is 0 Å². The van der Waals surface area contributed by atoms with Crippen LogP contribution in [0.25, 0.3) is 0 Å². The van der Waals surface area contributed by atoms with E-state index in [0.29, 0.717) is 4.90 Å². The maximum atomic E-state index is 9.99. The van der Waals surface area contributed by atoms with Gasteiger partial charge in [-0.25, -0.2) is 0 Å². The first-order chi connectivity index (χ1) is 5.91. The molecule has 0 aromatic rings. The molecule has 0 aromatic heterocycles. The molecule has 0 aromatic carbocycles. The molecule has 0 aliphatic carbocycles. The molecular formula is C6H6AgNO6. The van der Waals surface area contributed by atoms with E-state index in [9.17, 15) is 29.7 Å². The van der Waals surface area contributed by atoms with Crippen molar-refractivity contribution in [3.63, 3.8) is 0 Å². The van der Waals surface area contributed by atoms with Gasteiger partial charge in [0.05, 0.1) is 17.9 Å². The Labute approximate surface area is 94.8 Å². The summed E-state index contributed by atoms with van der Waals surface area (Å²) < 4.78 is 0. The van der Waals surface area contributed by atoms with E-state index < -0.39 is 37.5 Å². The van der Waals surface area contributed by atoms with Crippen LogP contribution >= 0.6 is 0 Å². The van der Waals surface area contributed by atoms with E-state index in [1.807, 2.05) is 0 Å². The number of nitrogens with zero attached hydrogens (tertiary/aromatic N) is 1. The summed E-state index contributed by atoms with van der Waals surface area (Å²) in [6.45, 7) is -2.37. The van der Waals surface area contributed by atoms with Crippen molar-refractivity contribution in [2.24, 2.45) is 0 Å². The normalized spacial score (nSPS) is 9.21. The number of aliphatic carboxylic acids is 3. The second-order valence-electron chi connectivity index (χ2n) is 2.26. The second kappa shape index (κ2) is 7.51. The third-order valence-electron chi connectivity index (χ3n) is 1.06. The van der Waals surface area contributed by atoms with Crippen LogP contribution in [0.1, 0.15) is 0 Å². The Hall–Kier alpha value is -0.890. The van der Waals surface area contributed by atoms with Gasteiger partial charge in [-0.2, -0.15) is 0 Å². The Morgan fingerprint density at radius 3 is 1.14 bits per heavy atom. The van der Waals surface area contributed by atoms with Gasteiger partial charge in [0.25, 0.3) is 0 Å². The molecule has 7 nitrogen and oxygen atoms in total. The Morgan fingerprint density at radius 2 is 1.00 bits per heavy atom. The van der Waals surface area contributed by atoms with Gasteiger partial charge < -0.3 is 29.7 Å². The zero-order valence-corrected chi connectivity index (χ0v) is 8.30. The minimum absolute atomic E-state index is 0. The van der Waals surface area contributed by atoms with Crippen molar-refractivity contribution in [2.45, 2.75) is 0 Å². The van der Waals surface area contributed by atoms with E-state index in [2.05, 4.69) is 0 Å². The molecule has 82 valence electrons. The van der Waals surface area contributed by atoms with Crippen molar-refractivity contribution in [2.75, 3.05) is 19.6 Å². The van der Waals surface area contributed by atoms with Crippen molar-refractivity contribution in [1.82, 2.24) is 4.90 Å². The van der Waals surface area contributed by atoms with Gasteiger partial charge in [-0.05, 0) is 0 Å². The zero-order valence-electron chi connectivity index (χ0n) is 6.82. The summed E-state index contributed by atoms with van der Waals surface area (Å²) in [5.74, 6) is -4.70. The van der Waals surface area contributed by atoms with E-state index >= 15 is 0 Å². The predicted molar refractivity (Wildman–Crippen MR) is 31.5 cm³/mol. The molecule has 14 heavy (non-hydrogen) atoms. The van der Waals surface area contributed by atoms with Crippen molar-refractivity contribution >= 4 is 17.9 Å². The summed E-state index contributed by atoms with van der Waals surface area (Å²) in [4.78, 5) is 30.6. The minimum Gasteiger partial charge on any atom is -0.549 e. The SMILES string of the molecule is O=C([O-])CN(CC(=O)[O-])CC(=O)[O-].[Ag+3]. The van der Waals surface area contributed by atoms with Gasteiger partial charge in [-0.15, -0.1) is 0 Å². The van der Waals surface area contributed by atoms with Gasteiger partial charge in [-0.1, -0.05) is 0 Å². The molecule has 0 N–H and O–H groups in total. The molecule has 0 saturated heterocycles. The van der Waals surface area contributed by atoms with E-state index in [-0.39, 0.29) is 22.4 Å². The van der Waals surface area contributed by atoms with Crippen molar-refractivity contribution in [3.8, 4) is 0 Å². The van der Waals surface area contributed by atoms with E-state index in [0.717, 1.165) is 0 Å². The molecule has 8 heteroatoms. The molecule has 0 rings (SSSR count). The minimum atomic E-state index is -1.57. The maximum Gasteiger partial charge on any atom is 3.00 e. The first-order valence-electron chi connectivity index (χ1n) is 3.23. The van der Waals surface area contributed by atoms with E-state index in [1.54, 1.807) is 0 Å². The molecule has 0 amide bonds. The van der Waals surface area contributed by atoms with Gasteiger partial charge >= 0.3 is 22.4 Å². The van der Waals surface area contributed by atoms with Crippen LogP contribution in [-0.4, -0.2) is 42.4 Å². The quantitative estimate of drug-likeness (QED) is 0.448. The van der Waals surface area contributed by atoms with E-state index in [4.69, 9.17) is 0 Å². The molecule has 0 spiro atoms. The van der Waals surface area contributed by atoms with Crippen LogP contribution in [0.4, 0.5) is 0 Å². The molecule has 0 aliphatic heterocycles. The van der Waals surface area contributed by atoms with Crippen LogP contribution in [0, 0.1) is 0 Å². The fraction of sp³-hybridized carbons (Fsp3) is 0.500. The number of hydrogen-bond donors (Lipinski definition) is 0. The smallest absolute Gasteiger partial charge is 0.549 e. The summed E-state index contributed by atoms with van der Waals surface area (Å²) in [7, 11) is 0. The van der Waals surface area contributed by atoms with Gasteiger partial charge in [0.15, 0.2) is 0 Å². The molecule has 0 fully saturated rings. The van der Waals surface area contributed by atoms with Crippen LogP contribution in [0.3, 0.4) is 0 Å². The molecule has 0 atom stereocenters. The molecule has 0 heterocycles. The molecule has 0 bridgehead atoms.